The van der Waals surface area contributed by atoms with E-state index in [0.717, 1.165) is 5.56 Å². The zero-order valence-corrected chi connectivity index (χ0v) is 15.0. The van der Waals surface area contributed by atoms with Gasteiger partial charge in [0.25, 0.3) is 0 Å². The van der Waals surface area contributed by atoms with Crippen LogP contribution in [0.15, 0.2) is 42.5 Å². The fourth-order valence-corrected chi connectivity index (χ4v) is 2.86. The van der Waals surface area contributed by atoms with Gasteiger partial charge in [0.2, 0.25) is 0 Å². The highest BCUT2D eigenvalue weighted by atomic mass is 16.5. The van der Waals surface area contributed by atoms with Crippen LogP contribution in [0.5, 0.6) is 17.2 Å². The van der Waals surface area contributed by atoms with Crippen LogP contribution in [-0.4, -0.2) is 28.7 Å². The van der Waals surface area contributed by atoms with Gasteiger partial charge in [0.05, 0.1) is 17.6 Å². The maximum Gasteiger partial charge on any atom is 0.174 e. The topological polar surface area (TPSA) is 76.0 Å². The number of phenols is 2. The maximum absolute atomic E-state index is 12.6. The number of fused-ring (bicyclic) bond motifs is 1. The number of benzene rings is 2. The lowest BCUT2D eigenvalue weighted by atomic mass is 9.92. The predicted octanol–water partition coefficient (Wildman–Crippen LogP) is 4.24. The number of phenolic OH excluding ortho intramolecular Hbond substituents is 2. The van der Waals surface area contributed by atoms with Gasteiger partial charge in [-0.3, -0.25) is 4.79 Å². The molecule has 0 saturated heterocycles. The molecule has 1 heterocycles. The molecule has 136 valence electrons. The third-order valence-electron chi connectivity index (χ3n) is 4.54. The number of aromatic hydroxyl groups is 2. The highest BCUT2D eigenvalue weighted by Crippen LogP contribution is 2.45. The highest BCUT2D eigenvalue weighted by Gasteiger charge is 2.33. The Bertz CT molecular complexity index is 852. The molecule has 0 bridgehead atoms. The standard InChI is InChI=1S/C21H22O5/c1-21(2,25-3)10-9-14-15(22)11-16(23)19-17(24)12-18(26-20(14)19)13-7-5-4-6-8-13/h4-11,18,22-23H,12H2,1-3H3/b10-9-/t18-/m0/s1. The van der Waals surface area contributed by atoms with Crippen LogP contribution in [-0.2, 0) is 4.74 Å². The Hall–Kier alpha value is -2.79. The molecular formula is C21H22O5. The van der Waals surface area contributed by atoms with Crippen LogP contribution in [0.2, 0.25) is 0 Å². The van der Waals surface area contributed by atoms with Crippen molar-refractivity contribution in [1.82, 2.24) is 0 Å². The van der Waals surface area contributed by atoms with Crippen LogP contribution in [0, 0.1) is 0 Å². The third-order valence-corrected chi connectivity index (χ3v) is 4.54. The lowest BCUT2D eigenvalue weighted by Crippen LogP contribution is -2.21. The normalized spacial score (nSPS) is 17.2. The minimum Gasteiger partial charge on any atom is -0.507 e. The van der Waals surface area contributed by atoms with Crippen LogP contribution < -0.4 is 4.74 Å². The van der Waals surface area contributed by atoms with Crippen LogP contribution >= 0.6 is 0 Å². The SMILES string of the molecule is COC(C)(C)/C=C\c1c(O)cc(O)c2c1O[C@H](c1ccccc1)CC2=O. The first-order chi connectivity index (χ1) is 12.3. The van der Waals surface area contributed by atoms with Crippen molar-refractivity contribution in [3.05, 3.63) is 59.2 Å². The fraction of sp³-hybridized carbons (Fsp3) is 0.286. The van der Waals surface area contributed by atoms with Crippen molar-refractivity contribution in [2.75, 3.05) is 7.11 Å². The van der Waals surface area contributed by atoms with E-state index in [4.69, 9.17) is 9.47 Å². The van der Waals surface area contributed by atoms with E-state index in [1.165, 1.54) is 6.07 Å². The smallest absolute Gasteiger partial charge is 0.174 e. The number of ether oxygens (including phenoxy) is 2. The second-order valence-corrected chi connectivity index (χ2v) is 6.82. The van der Waals surface area contributed by atoms with Gasteiger partial charge >= 0.3 is 0 Å². The zero-order valence-electron chi connectivity index (χ0n) is 15.0. The first kappa shape index (κ1) is 18.0. The monoisotopic (exact) mass is 354 g/mol. The summed E-state index contributed by atoms with van der Waals surface area (Å²) in [5.74, 6) is -0.475. The molecule has 0 amide bonds. The molecule has 5 nitrogen and oxygen atoms in total. The number of carbonyl (C=O) groups excluding carboxylic acids is 1. The van der Waals surface area contributed by atoms with Crippen molar-refractivity contribution < 1.29 is 24.5 Å². The van der Waals surface area contributed by atoms with Crippen molar-refractivity contribution in [3.63, 3.8) is 0 Å². The molecule has 26 heavy (non-hydrogen) atoms. The number of hydrogen-bond donors (Lipinski definition) is 2. The van der Waals surface area contributed by atoms with E-state index in [2.05, 4.69) is 0 Å². The van der Waals surface area contributed by atoms with Gasteiger partial charge in [-0.2, -0.15) is 0 Å². The van der Waals surface area contributed by atoms with Gasteiger partial charge in [-0.05, 0) is 25.5 Å². The Morgan fingerprint density at radius 2 is 1.88 bits per heavy atom. The van der Waals surface area contributed by atoms with E-state index in [1.807, 2.05) is 44.2 Å². The molecule has 2 aromatic carbocycles. The largest absolute Gasteiger partial charge is 0.507 e. The minimum absolute atomic E-state index is 0.102. The number of carbonyl (C=O) groups is 1. The van der Waals surface area contributed by atoms with Gasteiger partial charge in [0.1, 0.15) is 28.9 Å². The first-order valence-corrected chi connectivity index (χ1v) is 8.40. The van der Waals surface area contributed by atoms with Crippen LogP contribution in [0.3, 0.4) is 0 Å². The van der Waals surface area contributed by atoms with Gasteiger partial charge in [0, 0.05) is 13.2 Å². The second-order valence-electron chi connectivity index (χ2n) is 6.82. The summed E-state index contributed by atoms with van der Waals surface area (Å²) in [6.07, 6.45) is 3.07. The number of methoxy groups -OCH3 is 1. The van der Waals surface area contributed by atoms with E-state index in [1.54, 1.807) is 19.3 Å². The highest BCUT2D eigenvalue weighted by molar-refractivity contribution is 6.04. The van der Waals surface area contributed by atoms with Crippen molar-refractivity contribution >= 4 is 11.9 Å². The molecule has 0 fully saturated rings. The van der Waals surface area contributed by atoms with E-state index in [9.17, 15) is 15.0 Å². The quantitative estimate of drug-likeness (QED) is 0.859. The molecule has 0 unspecified atom stereocenters. The summed E-state index contributed by atoms with van der Waals surface area (Å²) in [6.45, 7) is 3.73. The van der Waals surface area contributed by atoms with Gasteiger partial charge in [0.15, 0.2) is 5.78 Å². The molecule has 2 N–H and O–H groups in total. The summed E-state index contributed by atoms with van der Waals surface area (Å²) in [5, 5.41) is 20.5. The molecule has 1 atom stereocenters. The van der Waals surface area contributed by atoms with E-state index in [-0.39, 0.29) is 35.0 Å². The average molecular weight is 354 g/mol. The number of ketones is 1. The molecular weight excluding hydrogens is 332 g/mol. The predicted molar refractivity (Wildman–Crippen MR) is 98.7 cm³/mol. The van der Waals surface area contributed by atoms with Gasteiger partial charge < -0.3 is 19.7 Å². The van der Waals surface area contributed by atoms with E-state index >= 15 is 0 Å². The molecule has 0 saturated carbocycles. The fourth-order valence-electron chi connectivity index (χ4n) is 2.86. The maximum atomic E-state index is 12.6. The summed E-state index contributed by atoms with van der Waals surface area (Å²) in [6, 6.07) is 10.6. The van der Waals surface area contributed by atoms with Crippen molar-refractivity contribution in [2.24, 2.45) is 0 Å². The van der Waals surface area contributed by atoms with Crippen LogP contribution in [0.4, 0.5) is 0 Å². The molecule has 3 rings (SSSR count). The van der Waals surface area contributed by atoms with Crippen LogP contribution in [0.25, 0.3) is 6.08 Å². The Labute approximate surface area is 152 Å². The summed E-state index contributed by atoms with van der Waals surface area (Å²) in [7, 11) is 1.59. The summed E-state index contributed by atoms with van der Waals surface area (Å²) in [5.41, 5.74) is 0.748. The van der Waals surface area contributed by atoms with Crippen molar-refractivity contribution in [2.45, 2.75) is 32.0 Å². The van der Waals surface area contributed by atoms with Crippen LogP contribution in [0.1, 0.15) is 47.9 Å². The molecule has 2 aromatic rings. The lowest BCUT2D eigenvalue weighted by molar-refractivity contribution is 0.0663. The van der Waals surface area contributed by atoms with Crippen molar-refractivity contribution in [3.8, 4) is 17.2 Å². The number of rotatable bonds is 4. The zero-order chi connectivity index (χ0) is 18.9. The molecule has 1 aliphatic heterocycles. The van der Waals surface area contributed by atoms with Gasteiger partial charge in [-0.15, -0.1) is 0 Å². The van der Waals surface area contributed by atoms with E-state index in [0.29, 0.717) is 5.56 Å². The third kappa shape index (κ3) is 3.44. The van der Waals surface area contributed by atoms with E-state index < -0.39 is 11.7 Å². The summed E-state index contributed by atoms with van der Waals surface area (Å²) >= 11 is 0. The number of hydrogen-bond acceptors (Lipinski definition) is 5. The summed E-state index contributed by atoms with van der Waals surface area (Å²) in [4.78, 5) is 12.6. The Balaban J connectivity index is 2.09. The minimum atomic E-state index is -0.561. The Morgan fingerprint density at radius 3 is 2.54 bits per heavy atom. The molecule has 0 aromatic heterocycles. The molecule has 0 radical (unpaired) electrons. The first-order valence-electron chi connectivity index (χ1n) is 8.40. The Kier molecular flexibility index (Phi) is 4.74. The van der Waals surface area contributed by atoms with Gasteiger partial charge in [-0.1, -0.05) is 36.4 Å². The van der Waals surface area contributed by atoms with Gasteiger partial charge in [-0.25, -0.2) is 0 Å². The molecule has 1 aliphatic rings. The average Bonchev–Trinajstić information content (AvgIpc) is 2.61. The lowest BCUT2D eigenvalue weighted by Gasteiger charge is -2.28. The Morgan fingerprint density at radius 1 is 1.19 bits per heavy atom. The molecule has 0 spiro atoms. The number of Topliss-reactive ketones (excluding diaryl/α,β-unsaturated/α-hetero) is 1. The molecule has 5 heteroatoms. The summed E-state index contributed by atoms with van der Waals surface area (Å²) < 4.78 is 11.4. The second kappa shape index (κ2) is 6.84. The van der Waals surface area contributed by atoms with Crippen molar-refractivity contribution in [1.29, 1.82) is 0 Å². The molecule has 0 aliphatic carbocycles.